The van der Waals surface area contributed by atoms with Gasteiger partial charge in [0, 0.05) is 11.3 Å². The fourth-order valence-electron chi connectivity index (χ4n) is 2.68. The molecule has 7 heteroatoms. The number of nitrogens with one attached hydrogen (secondary N) is 2. The molecule has 0 aliphatic carbocycles. The van der Waals surface area contributed by atoms with Crippen LogP contribution in [0, 0.1) is 6.92 Å². The van der Waals surface area contributed by atoms with Crippen LogP contribution in [-0.4, -0.2) is 26.8 Å². The number of thioether (sulfide) groups is 1. The summed E-state index contributed by atoms with van der Waals surface area (Å²) in [5.41, 5.74) is 3.60. The van der Waals surface area contributed by atoms with E-state index in [0.29, 0.717) is 10.7 Å². The number of amides is 1. The lowest BCUT2D eigenvalue weighted by molar-refractivity contribution is -0.113. The summed E-state index contributed by atoms with van der Waals surface area (Å²) < 4.78 is 0. The van der Waals surface area contributed by atoms with Crippen LogP contribution in [0.15, 0.2) is 58.5 Å². The molecule has 3 aromatic rings. The number of aromatic amines is 1. The maximum Gasteiger partial charge on any atom is 0.278 e. The lowest BCUT2D eigenvalue weighted by Gasteiger charge is -2.12. The normalized spacial score (nSPS) is 10.6. The maximum atomic E-state index is 12.3. The maximum absolute atomic E-state index is 12.3. The van der Waals surface area contributed by atoms with E-state index in [1.54, 1.807) is 12.1 Å². The molecule has 0 spiro atoms. The van der Waals surface area contributed by atoms with E-state index in [4.69, 9.17) is 0 Å². The SMILES string of the molecule is CCc1cccc(C)c1NC(=O)CSc1nnc(-c2ccccc2)c(=O)[nH]1. The monoisotopic (exact) mass is 380 g/mol. The summed E-state index contributed by atoms with van der Waals surface area (Å²) in [6.07, 6.45) is 0.837. The van der Waals surface area contributed by atoms with Crippen molar-refractivity contribution in [2.45, 2.75) is 25.4 Å². The van der Waals surface area contributed by atoms with Gasteiger partial charge in [-0.3, -0.25) is 14.6 Å². The third kappa shape index (κ3) is 4.62. The average molecular weight is 380 g/mol. The van der Waals surface area contributed by atoms with E-state index in [-0.39, 0.29) is 22.9 Å². The summed E-state index contributed by atoms with van der Waals surface area (Å²) in [6, 6.07) is 15.1. The molecule has 0 bridgehead atoms. The van der Waals surface area contributed by atoms with Crippen molar-refractivity contribution in [2.75, 3.05) is 11.1 Å². The van der Waals surface area contributed by atoms with Gasteiger partial charge < -0.3 is 5.32 Å². The van der Waals surface area contributed by atoms with Crippen molar-refractivity contribution >= 4 is 23.4 Å². The second-order valence-electron chi connectivity index (χ2n) is 5.97. The van der Waals surface area contributed by atoms with Gasteiger partial charge in [-0.15, -0.1) is 10.2 Å². The van der Waals surface area contributed by atoms with Crippen LogP contribution in [0.25, 0.3) is 11.3 Å². The van der Waals surface area contributed by atoms with Gasteiger partial charge in [0.15, 0.2) is 10.9 Å². The van der Waals surface area contributed by atoms with Crippen molar-refractivity contribution in [1.82, 2.24) is 15.2 Å². The molecule has 0 saturated heterocycles. The first-order valence-corrected chi connectivity index (χ1v) is 9.60. The van der Waals surface area contributed by atoms with Gasteiger partial charge in [-0.1, -0.05) is 67.2 Å². The Hall–Kier alpha value is -2.93. The molecule has 2 aromatic carbocycles. The van der Waals surface area contributed by atoms with Crippen LogP contribution >= 0.6 is 11.8 Å². The van der Waals surface area contributed by atoms with Gasteiger partial charge >= 0.3 is 0 Å². The van der Waals surface area contributed by atoms with Crippen LogP contribution in [0.2, 0.25) is 0 Å². The predicted octanol–water partition coefficient (Wildman–Crippen LogP) is 3.43. The number of para-hydroxylation sites is 1. The zero-order chi connectivity index (χ0) is 19.2. The minimum atomic E-state index is -0.328. The van der Waals surface area contributed by atoms with E-state index in [0.717, 1.165) is 35.0 Å². The molecule has 2 N–H and O–H groups in total. The first-order valence-electron chi connectivity index (χ1n) is 8.62. The largest absolute Gasteiger partial charge is 0.325 e. The highest BCUT2D eigenvalue weighted by Gasteiger charge is 2.11. The lowest BCUT2D eigenvalue weighted by Crippen LogP contribution is -2.18. The quantitative estimate of drug-likeness (QED) is 0.640. The van der Waals surface area contributed by atoms with Gasteiger partial charge in [-0.25, -0.2) is 0 Å². The van der Waals surface area contributed by atoms with Crippen LogP contribution in [0.5, 0.6) is 0 Å². The molecule has 0 aliphatic heterocycles. The Bertz CT molecular complexity index is 1000. The number of carbonyl (C=O) groups excluding carboxylic acids is 1. The highest BCUT2D eigenvalue weighted by Crippen LogP contribution is 2.22. The average Bonchev–Trinajstić information content (AvgIpc) is 2.68. The third-order valence-corrected chi connectivity index (χ3v) is 4.93. The Balaban J connectivity index is 1.66. The van der Waals surface area contributed by atoms with Gasteiger partial charge in [0.25, 0.3) is 5.56 Å². The van der Waals surface area contributed by atoms with Crippen LogP contribution < -0.4 is 10.9 Å². The minimum Gasteiger partial charge on any atom is -0.325 e. The Kier molecular flexibility index (Phi) is 6.03. The first kappa shape index (κ1) is 18.8. The van der Waals surface area contributed by atoms with E-state index in [9.17, 15) is 9.59 Å². The standard InChI is InChI=1S/C20H20N4O2S/c1-3-14-11-7-8-13(2)17(14)21-16(25)12-27-20-22-19(26)18(23-24-20)15-9-5-4-6-10-15/h4-11H,3,12H2,1-2H3,(H,21,25)(H,22,24,26). The summed E-state index contributed by atoms with van der Waals surface area (Å²) >= 11 is 1.14. The zero-order valence-corrected chi connectivity index (χ0v) is 16.0. The molecule has 0 atom stereocenters. The molecule has 0 aliphatic rings. The molecule has 27 heavy (non-hydrogen) atoms. The van der Waals surface area contributed by atoms with Gasteiger partial charge in [-0.05, 0) is 24.5 Å². The third-order valence-electron chi connectivity index (χ3n) is 4.07. The molecule has 138 valence electrons. The molecule has 0 saturated carbocycles. The number of carbonyl (C=O) groups is 1. The fraction of sp³-hybridized carbons (Fsp3) is 0.200. The topological polar surface area (TPSA) is 87.7 Å². The van der Waals surface area contributed by atoms with Crippen LogP contribution in [-0.2, 0) is 11.2 Å². The second kappa shape index (κ2) is 8.64. The zero-order valence-electron chi connectivity index (χ0n) is 15.2. The number of nitrogens with zero attached hydrogens (tertiary/aromatic N) is 2. The van der Waals surface area contributed by atoms with E-state index >= 15 is 0 Å². The van der Waals surface area contributed by atoms with Crippen molar-refractivity contribution in [3.05, 3.63) is 70.0 Å². The molecular weight excluding hydrogens is 360 g/mol. The number of hydrogen-bond donors (Lipinski definition) is 2. The summed E-state index contributed by atoms with van der Waals surface area (Å²) in [5, 5.41) is 11.3. The summed E-state index contributed by atoms with van der Waals surface area (Å²) in [7, 11) is 0. The molecule has 0 fully saturated rings. The molecule has 1 amide bonds. The molecule has 3 rings (SSSR count). The van der Waals surface area contributed by atoms with Gasteiger partial charge in [0.2, 0.25) is 5.91 Å². The molecule has 0 unspecified atom stereocenters. The van der Waals surface area contributed by atoms with E-state index < -0.39 is 0 Å². The van der Waals surface area contributed by atoms with Crippen molar-refractivity contribution in [2.24, 2.45) is 0 Å². The first-order chi connectivity index (χ1) is 13.1. The van der Waals surface area contributed by atoms with E-state index in [1.807, 2.05) is 50.2 Å². The van der Waals surface area contributed by atoms with Crippen molar-refractivity contribution in [1.29, 1.82) is 0 Å². The van der Waals surface area contributed by atoms with E-state index in [1.165, 1.54) is 0 Å². The second-order valence-corrected chi connectivity index (χ2v) is 6.94. The Morgan fingerprint density at radius 3 is 2.59 bits per heavy atom. The number of aromatic nitrogens is 3. The van der Waals surface area contributed by atoms with Crippen LogP contribution in [0.3, 0.4) is 0 Å². The number of hydrogen-bond acceptors (Lipinski definition) is 5. The number of H-pyrrole nitrogens is 1. The Morgan fingerprint density at radius 1 is 1.11 bits per heavy atom. The summed E-state index contributed by atoms with van der Waals surface area (Å²) in [5.74, 6) is -0.0222. The van der Waals surface area contributed by atoms with E-state index in [2.05, 4.69) is 20.5 Å². The molecule has 1 heterocycles. The number of benzene rings is 2. The highest BCUT2D eigenvalue weighted by molar-refractivity contribution is 7.99. The van der Waals surface area contributed by atoms with Crippen LogP contribution in [0.4, 0.5) is 5.69 Å². The predicted molar refractivity (Wildman–Crippen MR) is 108 cm³/mol. The van der Waals surface area contributed by atoms with Crippen molar-refractivity contribution < 1.29 is 4.79 Å². The van der Waals surface area contributed by atoms with Gasteiger partial charge in [-0.2, -0.15) is 0 Å². The number of aryl methyl sites for hydroxylation is 2. The summed E-state index contributed by atoms with van der Waals surface area (Å²) in [6.45, 7) is 4.01. The van der Waals surface area contributed by atoms with Gasteiger partial charge in [0.05, 0.1) is 5.75 Å². The van der Waals surface area contributed by atoms with Crippen molar-refractivity contribution in [3.8, 4) is 11.3 Å². The van der Waals surface area contributed by atoms with Gasteiger partial charge in [0.1, 0.15) is 0 Å². The summed E-state index contributed by atoms with van der Waals surface area (Å²) in [4.78, 5) is 27.2. The molecule has 6 nitrogen and oxygen atoms in total. The number of rotatable bonds is 6. The number of anilines is 1. The molecule has 1 aromatic heterocycles. The van der Waals surface area contributed by atoms with Crippen molar-refractivity contribution in [3.63, 3.8) is 0 Å². The lowest BCUT2D eigenvalue weighted by atomic mass is 10.1. The smallest absolute Gasteiger partial charge is 0.278 e. The van der Waals surface area contributed by atoms with Crippen LogP contribution in [0.1, 0.15) is 18.1 Å². The molecule has 0 radical (unpaired) electrons. The fourth-order valence-corrected chi connectivity index (χ4v) is 3.29. The Morgan fingerprint density at radius 2 is 1.89 bits per heavy atom. The minimum absolute atomic E-state index is 0.132. The molecular formula is C20H20N4O2S. The Labute approximate surface area is 161 Å². The highest BCUT2D eigenvalue weighted by atomic mass is 32.2.